The van der Waals surface area contributed by atoms with Crippen molar-refractivity contribution in [1.82, 2.24) is 0 Å². The van der Waals surface area contributed by atoms with Crippen LogP contribution in [0.3, 0.4) is 0 Å². The maximum atomic E-state index is 2.49. The molecule has 0 N–H and O–H groups in total. The van der Waals surface area contributed by atoms with Crippen molar-refractivity contribution < 1.29 is 0 Å². The molecule has 0 heterocycles. The molecular weight excluding hydrogens is 829 g/mol. The quantitative estimate of drug-likeness (QED) is 0.264. The smallest absolute Gasteiger partial charge is 0.0292 e. The molecular formula is C69H124. The Hall–Kier alpha value is 0. The lowest BCUT2D eigenvalue weighted by Gasteiger charge is -2.56. The molecule has 0 amide bonds. The Morgan fingerprint density at radius 1 is 0.391 bits per heavy atom. The summed E-state index contributed by atoms with van der Waals surface area (Å²) in [5.74, 6) is 19.7. The topological polar surface area (TPSA) is 0 Å². The second-order valence-electron chi connectivity index (χ2n) is 31.3. The van der Waals surface area contributed by atoms with Gasteiger partial charge in [-0.2, -0.15) is 0 Å². The number of hydrogen-bond acceptors (Lipinski definition) is 0. The molecule has 19 saturated carbocycles. The summed E-state index contributed by atoms with van der Waals surface area (Å²) in [7, 11) is 0. The molecule has 69 heavy (non-hydrogen) atoms. The summed E-state index contributed by atoms with van der Waals surface area (Å²) in [6.45, 7) is 29.2. The van der Waals surface area contributed by atoms with E-state index in [9.17, 15) is 0 Å². The van der Waals surface area contributed by atoms with Gasteiger partial charge in [0.1, 0.15) is 0 Å². The summed E-state index contributed by atoms with van der Waals surface area (Å²) in [6, 6.07) is 0. The van der Waals surface area contributed by atoms with E-state index in [0.717, 1.165) is 123 Å². The van der Waals surface area contributed by atoms with E-state index >= 15 is 0 Å². The van der Waals surface area contributed by atoms with E-state index in [1.807, 2.05) is 0 Å². The fourth-order valence-electron chi connectivity index (χ4n) is 21.1. The van der Waals surface area contributed by atoms with Gasteiger partial charge in [0.15, 0.2) is 0 Å². The van der Waals surface area contributed by atoms with Gasteiger partial charge >= 0.3 is 0 Å². The molecule has 4 unspecified atom stereocenters. The Morgan fingerprint density at radius 2 is 0.870 bits per heavy atom. The van der Waals surface area contributed by atoms with E-state index in [1.54, 1.807) is 96.3 Å². The lowest BCUT2D eigenvalue weighted by Crippen LogP contribution is -2.45. The summed E-state index contributed by atoms with van der Waals surface area (Å²) in [5, 5.41) is 0. The Bertz CT molecular complexity index is 1430. The summed E-state index contributed by atoms with van der Waals surface area (Å²) in [6.07, 6.45) is 53.6. The maximum absolute atomic E-state index is 2.49. The van der Waals surface area contributed by atoms with Gasteiger partial charge in [0, 0.05) is 0 Å². The average Bonchev–Trinajstić information content (AvgIpc) is 4.13. The van der Waals surface area contributed by atoms with Crippen LogP contribution < -0.4 is 0 Å². The Morgan fingerprint density at radius 3 is 1.14 bits per heavy atom. The van der Waals surface area contributed by atoms with Crippen LogP contribution in [0.4, 0.5) is 0 Å². The first-order chi connectivity index (χ1) is 32.9. The first kappa shape index (κ1) is 55.2. The molecule has 0 aliphatic heterocycles. The van der Waals surface area contributed by atoms with Crippen molar-refractivity contribution in [3.05, 3.63) is 0 Å². The second-order valence-corrected chi connectivity index (χ2v) is 31.3. The molecule has 400 valence electrons. The minimum atomic E-state index is 0.654. The maximum Gasteiger partial charge on any atom is -0.0292 e. The molecule has 0 aromatic heterocycles. The van der Waals surface area contributed by atoms with Gasteiger partial charge in [-0.1, -0.05) is 134 Å². The summed E-state index contributed by atoms with van der Waals surface area (Å²) in [4.78, 5) is 0. The van der Waals surface area contributed by atoms with Gasteiger partial charge in [0.05, 0.1) is 0 Å². The average molecular weight is 954 g/mol. The van der Waals surface area contributed by atoms with Crippen molar-refractivity contribution in [2.45, 2.75) is 308 Å². The van der Waals surface area contributed by atoms with Crippen molar-refractivity contribution in [2.24, 2.45) is 128 Å². The number of rotatable bonds is 3. The van der Waals surface area contributed by atoms with Gasteiger partial charge in [0.2, 0.25) is 0 Å². The Kier molecular flexibility index (Phi) is 19.1. The highest BCUT2D eigenvalue weighted by atomic mass is 14.6. The molecule has 14 bridgehead atoms. The molecule has 0 aromatic carbocycles. The minimum Gasteiger partial charge on any atom is -0.0651 e. The number of fused-ring (bicyclic) bond motifs is 14. The van der Waals surface area contributed by atoms with Crippen LogP contribution >= 0.6 is 0 Å². The van der Waals surface area contributed by atoms with E-state index < -0.39 is 0 Å². The predicted molar refractivity (Wildman–Crippen MR) is 302 cm³/mol. The van der Waals surface area contributed by atoms with E-state index in [-0.39, 0.29) is 0 Å². The van der Waals surface area contributed by atoms with Gasteiger partial charge in [-0.3, -0.25) is 0 Å². The summed E-state index contributed by atoms with van der Waals surface area (Å²) >= 11 is 0. The fraction of sp³-hybridized carbons (Fsp3) is 1.00. The second kappa shape index (κ2) is 23.9. The van der Waals surface area contributed by atoms with Crippen LogP contribution in [0.1, 0.15) is 308 Å². The van der Waals surface area contributed by atoms with Crippen LogP contribution in [0.25, 0.3) is 0 Å². The third-order valence-electron chi connectivity index (χ3n) is 27.4. The molecule has 19 fully saturated rings. The van der Waals surface area contributed by atoms with E-state index in [0.29, 0.717) is 5.41 Å². The first-order valence-electron chi connectivity index (χ1n) is 32.9. The summed E-state index contributed by atoms with van der Waals surface area (Å²) < 4.78 is 0. The van der Waals surface area contributed by atoms with E-state index in [4.69, 9.17) is 0 Å². The van der Waals surface area contributed by atoms with Crippen LogP contribution in [-0.2, 0) is 0 Å². The fourth-order valence-corrected chi connectivity index (χ4v) is 21.1. The van der Waals surface area contributed by atoms with Crippen molar-refractivity contribution in [2.75, 3.05) is 0 Å². The third kappa shape index (κ3) is 13.3. The normalized spacial score (nSPS) is 48.7. The van der Waals surface area contributed by atoms with E-state index in [2.05, 4.69) is 83.1 Å². The van der Waals surface area contributed by atoms with Gasteiger partial charge < -0.3 is 0 Å². The zero-order valence-corrected chi connectivity index (χ0v) is 49.1. The molecule has 0 radical (unpaired) electrons. The standard InChI is InChI=1S/C12H20.C11H20.2C10H18.2C9H16.C8H16/c1-2-12-6-9-3-10(7-12)5-11(4-9)8-12;1-8-9-4-6-10(7-5-9)11(8,2)3;1-8-7-9-3-5-10(8,2)6-4-9;1-7-8(2)10-5-3-9(7)4-6-10;1-7-6-8-2-4-9(7)5-3-8;1-2-8-5-7-3-4-9(8)6-7;1-3-8(2)6-4-5-7-8/h9-11H,2-8H2,1H3;8-10H,4-7H2,1-3H3;8-9H,3-7H2,1-2H3;7-10H,3-6H2,1-2H3;2*7-9H,2-6H2,1H3;3-7H2,1-2H3/t;2*8-,9?,10?;7-,8?,9?,10?;7-,8?,9?;;/m.1000../s1. The molecule has 19 rings (SSSR count). The van der Waals surface area contributed by atoms with Crippen molar-refractivity contribution >= 4 is 0 Å². The van der Waals surface area contributed by atoms with Crippen LogP contribution in [-0.4, -0.2) is 0 Å². The highest BCUT2D eigenvalue weighted by Gasteiger charge is 2.50. The third-order valence-corrected chi connectivity index (χ3v) is 27.4. The monoisotopic (exact) mass is 953 g/mol. The zero-order valence-electron chi connectivity index (χ0n) is 49.1. The molecule has 0 heteroatoms. The SMILES string of the molecule is CC1C2CCC(CC2)[C@H]1C.CCC1(C)CCCC1.CCC12CC3CC(CC(C3)C1)C2.CCC1CC2CCC1C2.C[C@@H]1C2CCC(CC2)C1(C)C.C[C@H]1CC2CCC1(C)CC2.C[C@H]1CC2CCC1CC2. The molecule has 19 aliphatic rings. The molecule has 0 spiro atoms. The summed E-state index contributed by atoms with van der Waals surface area (Å²) in [5.41, 5.74) is 2.98. The van der Waals surface area contributed by atoms with Crippen molar-refractivity contribution in [3.8, 4) is 0 Å². The Balaban J connectivity index is 0.000000109. The molecule has 0 saturated heterocycles. The van der Waals surface area contributed by atoms with Gasteiger partial charge in [0.25, 0.3) is 0 Å². The number of hydrogen-bond donors (Lipinski definition) is 0. The largest absolute Gasteiger partial charge is 0.0651 e. The lowest BCUT2D eigenvalue weighted by atomic mass is 9.49. The molecule has 19 aliphatic carbocycles. The highest BCUT2D eigenvalue weighted by molar-refractivity contribution is 5.01. The van der Waals surface area contributed by atoms with Gasteiger partial charge in [-0.15, -0.1) is 0 Å². The van der Waals surface area contributed by atoms with Crippen LogP contribution in [0.5, 0.6) is 0 Å². The van der Waals surface area contributed by atoms with Gasteiger partial charge in [-0.25, -0.2) is 0 Å². The Labute approximate surface area is 434 Å². The van der Waals surface area contributed by atoms with Gasteiger partial charge in [-0.05, 0) is 302 Å². The van der Waals surface area contributed by atoms with Crippen molar-refractivity contribution in [3.63, 3.8) is 0 Å². The van der Waals surface area contributed by atoms with E-state index in [1.165, 1.54) is 128 Å². The lowest BCUT2D eigenvalue weighted by molar-refractivity contribution is -0.0545. The first-order valence-corrected chi connectivity index (χ1v) is 32.9. The minimum absolute atomic E-state index is 0.654. The molecule has 8 atom stereocenters. The highest BCUT2D eigenvalue weighted by Crippen LogP contribution is 2.61. The van der Waals surface area contributed by atoms with Crippen LogP contribution in [0.15, 0.2) is 0 Å². The molecule has 0 nitrogen and oxygen atoms in total. The predicted octanol–water partition coefficient (Wildman–Crippen LogP) is 22.0. The molecule has 0 aromatic rings. The van der Waals surface area contributed by atoms with Crippen molar-refractivity contribution in [1.29, 1.82) is 0 Å². The zero-order chi connectivity index (χ0) is 49.1. The van der Waals surface area contributed by atoms with Crippen LogP contribution in [0.2, 0.25) is 0 Å². The van der Waals surface area contributed by atoms with Crippen LogP contribution in [0, 0.1) is 128 Å².